The Morgan fingerprint density at radius 3 is 2.67 bits per heavy atom. The summed E-state index contributed by atoms with van der Waals surface area (Å²) in [6.45, 7) is 2.24. The third-order valence-corrected chi connectivity index (χ3v) is 3.54. The van der Waals surface area contributed by atoms with Crippen LogP contribution in [-0.4, -0.2) is 34.1 Å². The minimum atomic E-state index is -2.97. The molecule has 1 aromatic rings. The quantitative estimate of drug-likeness (QED) is 0.855. The molecule has 0 spiro atoms. The van der Waals surface area contributed by atoms with Gasteiger partial charge in [0, 0.05) is 18.8 Å². The lowest BCUT2D eigenvalue weighted by molar-refractivity contribution is 0.385. The Kier molecular flexibility index (Phi) is 5.10. The predicted octanol–water partition coefficient (Wildman–Crippen LogP) is 1.53. The molecule has 102 valence electrons. The smallest absolute Gasteiger partial charge is 0.165 e. The van der Waals surface area contributed by atoms with Gasteiger partial charge in [0.15, 0.2) is 11.6 Å². The standard InChI is InChI=1S/C12H18FNO3S/c1-9(14-6-7-18(3,15)16)10-4-5-11(13)12(8-10)17-2/h4-5,8-9,14H,6-7H2,1-3H3. The molecule has 4 nitrogen and oxygen atoms in total. The molecule has 1 unspecified atom stereocenters. The Balaban J connectivity index is 2.64. The second kappa shape index (κ2) is 6.15. The molecule has 0 radical (unpaired) electrons. The molecule has 0 aliphatic carbocycles. The SMILES string of the molecule is COc1cc(C(C)NCCS(C)(=O)=O)ccc1F. The predicted molar refractivity (Wildman–Crippen MR) is 69.1 cm³/mol. The summed E-state index contributed by atoms with van der Waals surface area (Å²) in [7, 11) is -1.56. The summed E-state index contributed by atoms with van der Waals surface area (Å²) in [5, 5.41) is 3.07. The van der Waals surface area contributed by atoms with E-state index >= 15 is 0 Å². The second-order valence-electron chi connectivity index (χ2n) is 4.20. The second-order valence-corrected chi connectivity index (χ2v) is 6.46. The fraction of sp³-hybridized carbons (Fsp3) is 0.500. The third-order valence-electron chi connectivity index (χ3n) is 2.60. The summed E-state index contributed by atoms with van der Waals surface area (Å²) >= 11 is 0. The van der Waals surface area contributed by atoms with Crippen LogP contribution >= 0.6 is 0 Å². The van der Waals surface area contributed by atoms with Crippen LogP contribution < -0.4 is 10.1 Å². The van der Waals surface area contributed by atoms with Crippen molar-refractivity contribution in [1.29, 1.82) is 0 Å². The molecule has 0 fully saturated rings. The molecule has 0 saturated heterocycles. The summed E-state index contributed by atoms with van der Waals surface area (Å²) in [5.74, 6) is -0.149. The first-order valence-electron chi connectivity index (χ1n) is 5.58. The lowest BCUT2D eigenvalue weighted by atomic mass is 10.1. The van der Waals surface area contributed by atoms with Crippen molar-refractivity contribution in [2.75, 3.05) is 25.7 Å². The summed E-state index contributed by atoms with van der Waals surface area (Å²) in [6.07, 6.45) is 1.19. The number of sulfone groups is 1. The van der Waals surface area contributed by atoms with Crippen LogP contribution in [0.1, 0.15) is 18.5 Å². The summed E-state index contributed by atoms with van der Waals surface area (Å²) in [4.78, 5) is 0. The van der Waals surface area contributed by atoms with Crippen LogP contribution in [0.25, 0.3) is 0 Å². The number of benzene rings is 1. The number of ether oxygens (including phenoxy) is 1. The highest BCUT2D eigenvalue weighted by molar-refractivity contribution is 7.90. The number of methoxy groups -OCH3 is 1. The van der Waals surface area contributed by atoms with E-state index in [1.807, 2.05) is 6.92 Å². The van der Waals surface area contributed by atoms with Crippen molar-refractivity contribution in [3.63, 3.8) is 0 Å². The van der Waals surface area contributed by atoms with Gasteiger partial charge in [-0.05, 0) is 24.6 Å². The molecule has 1 aromatic carbocycles. The molecule has 1 atom stereocenters. The summed E-state index contributed by atoms with van der Waals surface area (Å²) in [5.41, 5.74) is 0.849. The van der Waals surface area contributed by atoms with Gasteiger partial charge in [0.05, 0.1) is 12.9 Å². The minimum absolute atomic E-state index is 0.0683. The van der Waals surface area contributed by atoms with Gasteiger partial charge in [-0.1, -0.05) is 6.07 Å². The molecule has 0 aromatic heterocycles. The summed E-state index contributed by atoms with van der Waals surface area (Å²) in [6, 6.07) is 4.52. The van der Waals surface area contributed by atoms with Crippen molar-refractivity contribution in [3.8, 4) is 5.75 Å². The van der Waals surface area contributed by atoms with E-state index in [1.165, 1.54) is 19.4 Å². The van der Waals surface area contributed by atoms with E-state index in [0.717, 1.165) is 5.56 Å². The lowest BCUT2D eigenvalue weighted by Crippen LogP contribution is -2.25. The van der Waals surface area contributed by atoms with Gasteiger partial charge in [-0.25, -0.2) is 12.8 Å². The molecule has 0 heterocycles. The normalized spacial score (nSPS) is 13.3. The maximum Gasteiger partial charge on any atom is 0.165 e. The van der Waals surface area contributed by atoms with Gasteiger partial charge in [-0.15, -0.1) is 0 Å². The Labute approximate surface area is 107 Å². The molecule has 1 rings (SSSR count). The topological polar surface area (TPSA) is 55.4 Å². The zero-order chi connectivity index (χ0) is 13.8. The van der Waals surface area contributed by atoms with Crippen molar-refractivity contribution in [1.82, 2.24) is 5.32 Å². The molecular weight excluding hydrogens is 257 g/mol. The van der Waals surface area contributed by atoms with Gasteiger partial charge in [-0.3, -0.25) is 0 Å². The maximum atomic E-state index is 13.2. The molecule has 0 aliphatic rings. The molecule has 0 bridgehead atoms. The fourth-order valence-electron chi connectivity index (χ4n) is 1.52. The van der Waals surface area contributed by atoms with Gasteiger partial charge >= 0.3 is 0 Å². The fourth-order valence-corrected chi connectivity index (χ4v) is 2.01. The monoisotopic (exact) mass is 275 g/mol. The number of rotatable bonds is 6. The number of nitrogens with one attached hydrogen (secondary N) is 1. The van der Waals surface area contributed by atoms with E-state index in [4.69, 9.17) is 4.74 Å². The molecular formula is C12H18FNO3S. The van der Waals surface area contributed by atoms with Crippen LogP contribution in [0.5, 0.6) is 5.75 Å². The maximum absolute atomic E-state index is 13.2. The Hall–Kier alpha value is -1.14. The lowest BCUT2D eigenvalue weighted by Gasteiger charge is -2.15. The average molecular weight is 275 g/mol. The average Bonchev–Trinajstić information content (AvgIpc) is 2.27. The molecule has 18 heavy (non-hydrogen) atoms. The van der Waals surface area contributed by atoms with Crippen molar-refractivity contribution >= 4 is 9.84 Å². The largest absolute Gasteiger partial charge is 0.494 e. The van der Waals surface area contributed by atoms with Crippen LogP contribution in [0.4, 0.5) is 4.39 Å². The molecule has 6 heteroatoms. The molecule has 1 N–H and O–H groups in total. The Bertz CT molecular complexity index is 502. The highest BCUT2D eigenvalue weighted by Crippen LogP contribution is 2.22. The van der Waals surface area contributed by atoms with Crippen LogP contribution in [0.2, 0.25) is 0 Å². The highest BCUT2D eigenvalue weighted by Gasteiger charge is 2.10. The third kappa shape index (κ3) is 4.62. The van der Waals surface area contributed by atoms with Crippen molar-refractivity contribution < 1.29 is 17.5 Å². The first-order valence-corrected chi connectivity index (χ1v) is 7.64. The van der Waals surface area contributed by atoms with Crippen molar-refractivity contribution in [2.24, 2.45) is 0 Å². The number of hydrogen-bond donors (Lipinski definition) is 1. The van der Waals surface area contributed by atoms with E-state index in [0.29, 0.717) is 6.54 Å². The van der Waals surface area contributed by atoms with Crippen molar-refractivity contribution in [2.45, 2.75) is 13.0 Å². The van der Waals surface area contributed by atoms with Gasteiger partial charge in [0.25, 0.3) is 0 Å². The van der Waals surface area contributed by atoms with Gasteiger partial charge in [0.2, 0.25) is 0 Å². The van der Waals surface area contributed by atoms with E-state index in [2.05, 4.69) is 5.32 Å². The molecule has 0 amide bonds. The van der Waals surface area contributed by atoms with E-state index in [9.17, 15) is 12.8 Å². The Morgan fingerprint density at radius 1 is 1.44 bits per heavy atom. The van der Waals surface area contributed by atoms with Gasteiger partial charge < -0.3 is 10.1 Å². The number of hydrogen-bond acceptors (Lipinski definition) is 4. The molecule has 0 aliphatic heterocycles. The van der Waals surface area contributed by atoms with E-state index in [1.54, 1.807) is 12.1 Å². The van der Waals surface area contributed by atoms with E-state index in [-0.39, 0.29) is 17.5 Å². The summed E-state index contributed by atoms with van der Waals surface area (Å²) < 4.78 is 40.1. The van der Waals surface area contributed by atoms with Gasteiger partial charge in [-0.2, -0.15) is 0 Å². The van der Waals surface area contributed by atoms with E-state index < -0.39 is 15.7 Å². The van der Waals surface area contributed by atoms with Crippen LogP contribution in [0, 0.1) is 5.82 Å². The highest BCUT2D eigenvalue weighted by atomic mass is 32.2. The van der Waals surface area contributed by atoms with Gasteiger partial charge in [0.1, 0.15) is 9.84 Å². The van der Waals surface area contributed by atoms with Crippen LogP contribution in [0.15, 0.2) is 18.2 Å². The zero-order valence-electron chi connectivity index (χ0n) is 10.7. The van der Waals surface area contributed by atoms with Crippen LogP contribution in [0.3, 0.4) is 0 Å². The Morgan fingerprint density at radius 2 is 2.11 bits per heavy atom. The van der Waals surface area contributed by atoms with Crippen LogP contribution in [-0.2, 0) is 9.84 Å². The van der Waals surface area contributed by atoms with Crippen molar-refractivity contribution in [3.05, 3.63) is 29.6 Å². The number of halogens is 1. The first-order chi connectivity index (χ1) is 8.33. The first kappa shape index (κ1) is 14.9. The molecule has 0 saturated carbocycles. The zero-order valence-corrected chi connectivity index (χ0v) is 11.6. The minimum Gasteiger partial charge on any atom is -0.494 e.